The lowest BCUT2D eigenvalue weighted by atomic mass is 10.1. The summed E-state index contributed by atoms with van der Waals surface area (Å²) in [6.07, 6.45) is 2.13. The van der Waals surface area contributed by atoms with Gasteiger partial charge in [0.05, 0.1) is 0 Å². The SMILES string of the molecule is Cc1ccccc1C(=O)Nc1cccc(C(=O)N2CCCC2)c1. The third-order valence-electron chi connectivity index (χ3n) is 4.15. The number of rotatable bonds is 3. The van der Waals surface area contributed by atoms with Gasteiger partial charge in [-0.1, -0.05) is 24.3 Å². The molecule has 0 spiro atoms. The minimum atomic E-state index is -0.158. The van der Waals surface area contributed by atoms with Gasteiger partial charge in [-0.05, 0) is 49.6 Å². The molecule has 0 atom stereocenters. The first kappa shape index (κ1) is 15.3. The highest BCUT2D eigenvalue weighted by Gasteiger charge is 2.19. The number of aryl methyl sites for hydroxylation is 1. The van der Waals surface area contributed by atoms with Crippen LogP contribution in [0.4, 0.5) is 5.69 Å². The van der Waals surface area contributed by atoms with Crippen LogP contribution >= 0.6 is 0 Å². The average Bonchev–Trinajstić information content (AvgIpc) is 3.09. The summed E-state index contributed by atoms with van der Waals surface area (Å²) in [6, 6.07) is 14.6. The number of benzene rings is 2. The van der Waals surface area contributed by atoms with Crippen molar-refractivity contribution in [2.45, 2.75) is 19.8 Å². The number of hydrogen-bond donors (Lipinski definition) is 1. The molecular weight excluding hydrogens is 288 g/mol. The van der Waals surface area contributed by atoms with Crippen molar-refractivity contribution in [3.05, 3.63) is 65.2 Å². The Morgan fingerprint density at radius 2 is 1.74 bits per heavy atom. The molecule has 4 nitrogen and oxygen atoms in total. The van der Waals surface area contributed by atoms with E-state index in [2.05, 4.69) is 5.32 Å². The lowest BCUT2D eigenvalue weighted by molar-refractivity contribution is 0.0792. The second kappa shape index (κ2) is 6.65. The van der Waals surface area contributed by atoms with Crippen molar-refractivity contribution in [1.29, 1.82) is 0 Å². The molecule has 118 valence electrons. The Kier molecular flexibility index (Phi) is 4.42. The first-order valence-corrected chi connectivity index (χ1v) is 7.91. The van der Waals surface area contributed by atoms with E-state index in [0.29, 0.717) is 16.8 Å². The molecular formula is C19H20N2O2. The van der Waals surface area contributed by atoms with Gasteiger partial charge in [-0.2, -0.15) is 0 Å². The average molecular weight is 308 g/mol. The zero-order chi connectivity index (χ0) is 16.2. The van der Waals surface area contributed by atoms with Gasteiger partial charge in [-0.15, -0.1) is 0 Å². The minimum absolute atomic E-state index is 0.0366. The highest BCUT2D eigenvalue weighted by atomic mass is 16.2. The second-order valence-corrected chi connectivity index (χ2v) is 5.85. The highest BCUT2D eigenvalue weighted by Crippen LogP contribution is 2.17. The predicted molar refractivity (Wildman–Crippen MR) is 90.7 cm³/mol. The number of hydrogen-bond acceptors (Lipinski definition) is 2. The molecule has 2 amide bonds. The molecule has 0 aliphatic carbocycles. The zero-order valence-electron chi connectivity index (χ0n) is 13.2. The van der Waals surface area contributed by atoms with Crippen molar-refractivity contribution >= 4 is 17.5 Å². The number of likely N-dealkylation sites (tertiary alicyclic amines) is 1. The van der Waals surface area contributed by atoms with Crippen LogP contribution in [0.1, 0.15) is 39.1 Å². The van der Waals surface area contributed by atoms with Crippen LogP contribution in [0.2, 0.25) is 0 Å². The third-order valence-corrected chi connectivity index (χ3v) is 4.15. The maximum Gasteiger partial charge on any atom is 0.255 e. The Balaban J connectivity index is 1.76. The highest BCUT2D eigenvalue weighted by molar-refractivity contribution is 6.06. The Bertz CT molecular complexity index is 734. The fraction of sp³-hybridized carbons (Fsp3) is 0.263. The van der Waals surface area contributed by atoms with Crippen molar-refractivity contribution < 1.29 is 9.59 Å². The number of carbonyl (C=O) groups excluding carboxylic acids is 2. The van der Waals surface area contributed by atoms with Crippen LogP contribution in [-0.4, -0.2) is 29.8 Å². The van der Waals surface area contributed by atoms with E-state index >= 15 is 0 Å². The van der Waals surface area contributed by atoms with Crippen molar-refractivity contribution in [2.75, 3.05) is 18.4 Å². The molecule has 3 rings (SSSR count). The summed E-state index contributed by atoms with van der Waals surface area (Å²) in [5.74, 6) is -0.122. The van der Waals surface area contributed by atoms with E-state index in [4.69, 9.17) is 0 Å². The molecule has 2 aromatic carbocycles. The maximum absolute atomic E-state index is 12.4. The standard InChI is InChI=1S/C19H20N2O2/c1-14-7-2-3-10-17(14)18(22)20-16-9-6-8-15(13-16)19(23)21-11-4-5-12-21/h2-3,6-10,13H,4-5,11-12H2,1H3,(H,20,22). The van der Waals surface area contributed by atoms with Gasteiger partial charge in [0.1, 0.15) is 0 Å². The van der Waals surface area contributed by atoms with E-state index in [-0.39, 0.29) is 11.8 Å². The van der Waals surface area contributed by atoms with Gasteiger partial charge in [-0.3, -0.25) is 9.59 Å². The van der Waals surface area contributed by atoms with E-state index < -0.39 is 0 Å². The van der Waals surface area contributed by atoms with Crippen LogP contribution in [-0.2, 0) is 0 Å². The van der Waals surface area contributed by atoms with Gasteiger partial charge >= 0.3 is 0 Å². The van der Waals surface area contributed by atoms with Crippen molar-refractivity contribution in [3.8, 4) is 0 Å². The topological polar surface area (TPSA) is 49.4 Å². The minimum Gasteiger partial charge on any atom is -0.339 e. The number of nitrogens with zero attached hydrogens (tertiary/aromatic N) is 1. The molecule has 1 aliphatic heterocycles. The summed E-state index contributed by atoms with van der Waals surface area (Å²) in [7, 11) is 0. The van der Waals surface area contributed by atoms with Crippen LogP contribution < -0.4 is 5.32 Å². The number of anilines is 1. The van der Waals surface area contributed by atoms with E-state index in [1.807, 2.05) is 30.0 Å². The lowest BCUT2D eigenvalue weighted by Gasteiger charge is -2.16. The smallest absolute Gasteiger partial charge is 0.255 e. The number of amides is 2. The molecule has 1 aliphatic rings. The van der Waals surface area contributed by atoms with Crippen molar-refractivity contribution in [2.24, 2.45) is 0 Å². The van der Waals surface area contributed by atoms with Gasteiger partial charge in [0.15, 0.2) is 0 Å². The quantitative estimate of drug-likeness (QED) is 0.943. The van der Waals surface area contributed by atoms with E-state index in [0.717, 1.165) is 31.5 Å². The van der Waals surface area contributed by atoms with Crippen molar-refractivity contribution in [1.82, 2.24) is 4.90 Å². The van der Waals surface area contributed by atoms with Crippen LogP contribution in [0.5, 0.6) is 0 Å². The molecule has 1 fully saturated rings. The Morgan fingerprint density at radius 3 is 2.48 bits per heavy atom. The fourth-order valence-corrected chi connectivity index (χ4v) is 2.86. The van der Waals surface area contributed by atoms with Gasteiger partial charge < -0.3 is 10.2 Å². The molecule has 1 heterocycles. The molecule has 0 unspecified atom stereocenters. The van der Waals surface area contributed by atoms with Gasteiger partial charge in [-0.25, -0.2) is 0 Å². The molecule has 2 aromatic rings. The van der Waals surface area contributed by atoms with E-state index in [9.17, 15) is 9.59 Å². The lowest BCUT2D eigenvalue weighted by Crippen LogP contribution is -2.27. The maximum atomic E-state index is 12.4. The summed E-state index contributed by atoms with van der Waals surface area (Å²) in [5.41, 5.74) is 2.83. The van der Waals surface area contributed by atoms with Crippen LogP contribution in [0.3, 0.4) is 0 Å². The molecule has 1 saturated heterocycles. The second-order valence-electron chi connectivity index (χ2n) is 5.85. The van der Waals surface area contributed by atoms with Crippen LogP contribution in [0.25, 0.3) is 0 Å². The summed E-state index contributed by atoms with van der Waals surface area (Å²) in [5, 5.41) is 2.88. The molecule has 0 saturated carbocycles. The Labute approximate surface area is 136 Å². The van der Waals surface area contributed by atoms with Gasteiger partial charge in [0.2, 0.25) is 0 Å². The zero-order valence-corrected chi connectivity index (χ0v) is 13.2. The van der Waals surface area contributed by atoms with Crippen molar-refractivity contribution in [3.63, 3.8) is 0 Å². The third kappa shape index (κ3) is 3.42. The Hall–Kier alpha value is -2.62. The van der Waals surface area contributed by atoms with Gasteiger partial charge in [0, 0.05) is 29.9 Å². The van der Waals surface area contributed by atoms with E-state index in [1.165, 1.54) is 0 Å². The molecule has 1 N–H and O–H groups in total. The summed E-state index contributed by atoms with van der Waals surface area (Å²) < 4.78 is 0. The summed E-state index contributed by atoms with van der Waals surface area (Å²) >= 11 is 0. The fourth-order valence-electron chi connectivity index (χ4n) is 2.86. The normalized spacial score (nSPS) is 13.9. The summed E-state index contributed by atoms with van der Waals surface area (Å²) in [6.45, 7) is 3.54. The van der Waals surface area contributed by atoms with Gasteiger partial charge in [0.25, 0.3) is 11.8 Å². The predicted octanol–water partition coefficient (Wildman–Crippen LogP) is 3.48. The monoisotopic (exact) mass is 308 g/mol. The first-order valence-electron chi connectivity index (χ1n) is 7.91. The largest absolute Gasteiger partial charge is 0.339 e. The van der Waals surface area contributed by atoms with Crippen LogP contribution in [0.15, 0.2) is 48.5 Å². The number of nitrogens with one attached hydrogen (secondary N) is 1. The summed E-state index contributed by atoms with van der Waals surface area (Å²) in [4.78, 5) is 26.7. The molecule has 0 radical (unpaired) electrons. The van der Waals surface area contributed by atoms with Crippen LogP contribution in [0, 0.1) is 6.92 Å². The van der Waals surface area contributed by atoms with E-state index in [1.54, 1.807) is 30.3 Å². The molecule has 0 bridgehead atoms. The molecule has 0 aromatic heterocycles. The molecule has 23 heavy (non-hydrogen) atoms. The first-order chi connectivity index (χ1) is 11.1. The number of carbonyl (C=O) groups is 2. The molecule has 4 heteroatoms. The Morgan fingerprint density at radius 1 is 1.00 bits per heavy atom.